The molecule has 1 unspecified atom stereocenters. The number of imidazole rings is 1. The molecule has 2 aliphatic heterocycles. The van der Waals surface area contributed by atoms with Crippen LogP contribution in [0.2, 0.25) is 0 Å². The Morgan fingerprint density at radius 1 is 1.34 bits per heavy atom. The normalized spacial score (nSPS) is 19.9. The molecule has 0 aliphatic carbocycles. The number of aromatic nitrogens is 2. The smallest absolute Gasteiger partial charge is 0.296 e. The zero-order chi connectivity index (χ0) is 22.7. The van der Waals surface area contributed by atoms with Crippen LogP contribution in [-0.2, 0) is 14.3 Å². The van der Waals surface area contributed by atoms with Crippen molar-refractivity contribution in [3.63, 3.8) is 0 Å². The number of carbonyl (C=O) groups excluding carboxylic acids is 1. The summed E-state index contributed by atoms with van der Waals surface area (Å²) in [6.07, 6.45) is 1.89. The van der Waals surface area contributed by atoms with Crippen molar-refractivity contribution in [2.75, 3.05) is 26.3 Å². The number of likely N-dealkylation sites (tertiary alicyclic amines) is 1. The second-order valence-corrected chi connectivity index (χ2v) is 8.20. The van der Waals surface area contributed by atoms with Crippen LogP contribution >= 0.6 is 0 Å². The molecular formula is C22H27F2N5O3. The largest absolute Gasteiger partial charge is 0.478 e. The van der Waals surface area contributed by atoms with Crippen molar-refractivity contribution < 1.29 is 23.0 Å². The lowest BCUT2D eigenvalue weighted by Gasteiger charge is -2.39. The van der Waals surface area contributed by atoms with E-state index in [1.165, 1.54) is 6.08 Å². The third kappa shape index (κ3) is 4.90. The molecule has 2 aliphatic rings. The summed E-state index contributed by atoms with van der Waals surface area (Å²) in [6, 6.07) is 6.66. The number of ether oxygens (including phenoxy) is 2. The van der Waals surface area contributed by atoms with Gasteiger partial charge in [-0.25, -0.2) is 13.8 Å². The van der Waals surface area contributed by atoms with Gasteiger partial charge in [-0.15, -0.1) is 0 Å². The van der Waals surface area contributed by atoms with Crippen LogP contribution in [0.25, 0.3) is 16.9 Å². The first kappa shape index (κ1) is 22.2. The van der Waals surface area contributed by atoms with Gasteiger partial charge in [0.05, 0.1) is 30.2 Å². The minimum atomic E-state index is -2.82. The molecule has 3 N–H and O–H groups in total. The molecular weight excluding hydrogens is 420 g/mol. The van der Waals surface area contributed by atoms with Crippen LogP contribution in [-0.4, -0.2) is 58.7 Å². The third-order valence-electron chi connectivity index (χ3n) is 5.78. The molecule has 0 bridgehead atoms. The van der Waals surface area contributed by atoms with Crippen LogP contribution in [0.4, 0.5) is 8.78 Å². The molecule has 0 radical (unpaired) electrons. The summed E-state index contributed by atoms with van der Waals surface area (Å²) >= 11 is 0. The lowest BCUT2D eigenvalue weighted by Crippen LogP contribution is -2.52. The number of rotatable bonds is 7. The predicted molar refractivity (Wildman–Crippen MR) is 115 cm³/mol. The highest BCUT2D eigenvalue weighted by molar-refractivity contribution is 5.91. The van der Waals surface area contributed by atoms with Crippen molar-refractivity contribution in [3.05, 3.63) is 36.2 Å². The SMILES string of the molecule is N=C(/C=C(\N)n1c(C(F)F)nc2ccccc21)OCC1CN(C(=O)CC2CCCCO2)C1. The van der Waals surface area contributed by atoms with Crippen molar-refractivity contribution in [2.45, 2.75) is 38.2 Å². The number of hydrogen-bond acceptors (Lipinski definition) is 6. The Labute approximate surface area is 184 Å². The summed E-state index contributed by atoms with van der Waals surface area (Å²) < 4.78 is 39.1. The van der Waals surface area contributed by atoms with E-state index in [2.05, 4.69) is 4.98 Å². The van der Waals surface area contributed by atoms with E-state index in [0.717, 1.165) is 30.4 Å². The summed E-state index contributed by atoms with van der Waals surface area (Å²) in [7, 11) is 0. The lowest BCUT2D eigenvalue weighted by atomic mass is 9.99. The Bertz CT molecular complexity index is 1010. The van der Waals surface area contributed by atoms with Gasteiger partial charge in [0.1, 0.15) is 5.82 Å². The Kier molecular flexibility index (Phi) is 6.69. The summed E-state index contributed by atoms with van der Waals surface area (Å²) in [4.78, 5) is 18.0. The third-order valence-corrected chi connectivity index (χ3v) is 5.78. The molecule has 2 saturated heterocycles. The Balaban J connectivity index is 1.29. The second kappa shape index (κ2) is 9.64. The zero-order valence-electron chi connectivity index (χ0n) is 17.7. The fraction of sp³-hybridized carbons (Fsp3) is 0.500. The Hall–Kier alpha value is -3.01. The van der Waals surface area contributed by atoms with Gasteiger partial charge >= 0.3 is 0 Å². The molecule has 1 amide bonds. The molecule has 0 spiro atoms. The van der Waals surface area contributed by atoms with E-state index in [9.17, 15) is 13.6 Å². The zero-order valence-corrected chi connectivity index (χ0v) is 17.7. The lowest BCUT2D eigenvalue weighted by molar-refractivity contribution is -0.142. The number of benzene rings is 1. The van der Waals surface area contributed by atoms with Gasteiger partial charge < -0.3 is 20.1 Å². The van der Waals surface area contributed by atoms with E-state index in [0.29, 0.717) is 30.5 Å². The first-order chi connectivity index (χ1) is 15.4. The number of halogens is 2. The highest BCUT2D eigenvalue weighted by Crippen LogP contribution is 2.26. The van der Waals surface area contributed by atoms with Gasteiger partial charge in [0.2, 0.25) is 11.8 Å². The number of nitrogens with zero attached hydrogens (tertiary/aromatic N) is 3. The topological polar surface area (TPSA) is 106 Å². The molecule has 8 nitrogen and oxygen atoms in total. The van der Waals surface area contributed by atoms with Gasteiger partial charge in [-0.3, -0.25) is 14.8 Å². The summed E-state index contributed by atoms with van der Waals surface area (Å²) in [5.74, 6) is -0.591. The minimum Gasteiger partial charge on any atom is -0.478 e. The molecule has 2 aromatic rings. The number of fused-ring (bicyclic) bond motifs is 1. The van der Waals surface area contributed by atoms with Gasteiger partial charge in [0, 0.05) is 31.7 Å². The molecule has 172 valence electrons. The van der Waals surface area contributed by atoms with Crippen LogP contribution in [0.15, 0.2) is 30.3 Å². The van der Waals surface area contributed by atoms with Gasteiger partial charge in [0.25, 0.3) is 6.43 Å². The van der Waals surface area contributed by atoms with Gasteiger partial charge in [-0.1, -0.05) is 12.1 Å². The van der Waals surface area contributed by atoms with Crippen molar-refractivity contribution in [3.8, 4) is 0 Å². The molecule has 2 fully saturated rings. The highest BCUT2D eigenvalue weighted by Gasteiger charge is 2.32. The van der Waals surface area contributed by atoms with Gasteiger partial charge in [-0.2, -0.15) is 0 Å². The number of para-hydroxylation sites is 2. The van der Waals surface area contributed by atoms with Crippen molar-refractivity contribution in [2.24, 2.45) is 11.7 Å². The predicted octanol–water partition coefficient (Wildman–Crippen LogP) is 3.14. The van der Waals surface area contributed by atoms with E-state index >= 15 is 0 Å². The quantitative estimate of drug-likeness (QED) is 0.501. The maximum atomic E-state index is 13.4. The first-order valence-corrected chi connectivity index (χ1v) is 10.8. The Morgan fingerprint density at radius 3 is 2.84 bits per heavy atom. The minimum absolute atomic E-state index is 0.0187. The second-order valence-electron chi connectivity index (χ2n) is 8.20. The molecule has 1 atom stereocenters. The Morgan fingerprint density at radius 2 is 2.12 bits per heavy atom. The molecule has 10 heteroatoms. The summed E-state index contributed by atoms with van der Waals surface area (Å²) in [5, 5.41) is 8.01. The maximum Gasteiger partial charge on any atom is 0.296 e. The van der Waals surface area contributed by atoms with Crippen LogP contribution in [0.5, 0.6) is 0 Å². The van der Waals surface area contributed by atoms with E-state index in [1.807, 2.05) is 0 Å². The molecule has 1 aromatic heterocycles. The molecule has 3 heterocycles. The maximum absolute atomic E-state index is 13.4. The van der Waals surface area contributed by atoms with Crippen LogP contribution in [0.1, 0.15) is 37.9 Å². The average Bonchev–Trinajstić information content (AvgIpc) is 3.13. The van der Waals surface area contributed by atoms with Crippen molar-refractivity contribution in [1.82, 2.24) is 14.5 Å². The number of nitrogens with two attached hydrogens (primary N) is 1. The van der Waals surface area contributed by atoms with E-state index < -0.39 is 12.2 Å². The first-order valence-electron chi connectivity index (χ1n) is 10.8. The molecule has 1 aromatic carbocycles. The fourth-order valence-corrected chi connectivity index (χ4v) is 4.08. The number of carbonyl (C=O) groups is 1. The number of alkyl halides is 2. The summed E-state index contributed by atoms with van der Waals surface area (Å²) in [5.41, 5.74) is 6.84. The van der Waals surface area contributed by atoms with Crippen molar-refractivity contribution >= 4 is 28.7 Å². The van der Waals surface area contributed by atoms with E-state index in [1.54, 1.807) is 29.2 Å². The number of hydrogen-bond donors (Lipinski definition) is 2. The van der Waals surface area contributed by atoms with Crippen LogP contribution < -0.4 is 5.73 Å². The van der Waals surface area contributed by atoms with E-state index in [4.69, 9.17) is 20.6 Å². The van der Waals surface area contributed by atoms with Crippen molar-refractivity contribution in [1.29, 1.82) is 5.41 Å². The molecule has 32 heavy (non-hydrogen) atoms. The molecule has 4 rings (SSSR count). The molecule has 0 saturated carbocycles. The average molecular weight is 447 g/mol. The van der Waals surface area contributed by atoms with Crippen LogP contribution in [0, 0.1) is 11.3 Å². The fourth-order valence-electron chi connectivity index (χ4n) is 4.08. The summed E-state index contributed by atoms with van der Waals surface area (Å²) in [6.45, 7) is 2.11. The standard InChI is InChI=1S/C22H27F2N5O3/c23-21(24)22-27-16-6-1-2-7-17(16)29(22)18(25)10-19(26)32-13-14-11-28(12-14)20(30)9-15-5-3-4-8-31-15/h1-2,6-7,10,14-15,21,26H,3-5,8-9,11-13,25H2/b18-10+,26-19?. The van der Waals surface area contributed by atoms with E-state index in [-0.39, 0.29) is 36.3 Å². The monoisotopic (exact) mass is 447 g/mol. The highest BCUT2D eigenvalue weighted by atomic mass is 19.3. The van der Waals surface area contributed by atoms with Gasteiger partial charge in [-0.05, 0) is 31.4 Å². The number of amides is 1. The van der Waals surface area contributed by atoms with Gasteiger partial charge in [0.15, 0.2) is 5.82 Å². The number of nitrogens with one attached hydrogen (secondary N) is 1. The van der Waals surface area contributed by atoms with Crippen LogP contribution in [0.3, 0.4) is 0 Å².